The first kappa shape index (κ1) is 22.9. The highest BCUT2D eigenvalue weighted by molar-refractivity contribution is 7.89. The highest BCUT2D eigenvalue weighted by Crippen LogP contribution is 2.34. The van der Waals surface area contributed by atoms with E-state index in [9.17, 15) is 17.6 Å². The summed E-state index contributed by atoms with van der Waals surface area (Å²) >= 11 is 6.40. The van der Waals surface area contributed by atoms with E-state index in [1.54, 1.807) is 48.0 Å². The Morgan fingerprint density at radius 3 is 2.52 bits per heavy atom. The molecule has 4 rings (SSSR count). The number of halogens is 2. The molecule has 1 aromatic heterocycles. The van der Waals surface area contributed by atoms with E-state index >= 15 is 0 Å². The van der Waals surface area contributed by atoms with Crippen molar-refractivity contribution in [3.63, 3.8) is 0 Å². The Bertz CT molecular complexity index is 1450. The van der Waals surface area contributed by atoms with Crippen molar-refractivity contribution in [1.82, 2.24) is 15.1 Å². The van der Waals surface area contributed by atoms with Crippen LogP contribution in [0.5, 0.6) is 0 Å². The standard InChI is InChI=1S/C23H20ClFN4O3S/c1-14(13-33(26,31)32)27-23(30)15-6-11-19-21(12-15)29(17-9-7-16(25)8-10-17)28-22(19)18-4-2-3-5-20(18)24/h2-12,14H,13H2,1H3,(H,27,30)(H2,26,31,32). The molecule has 0 fully saturated rings. The van der Waals surface area contributed by atoms with Gasteiger partial charge in [-0.2, -0.15) is 5.10 Å². The summed E-state index contributed by atoms with van der Waals surface area (Å²) in [6.45, 7) is 1.55. The molecule has 33 heavy (non-hydrogen) atoms. The van der Waals surface area contributed by atoms with Gasteiger partial charge in [0.1, 0.15) is 11.5 Å². The summed E-state index contributed by atoms with van der Waals surface area (Å²) in [6, 6.07) is 17.4. The smallest absolute Gasteiger partial charge is 0.251 e. The maximum Gasteiger partial charge on any atom is 0.251 e. The number of aromatic nitrogens is 2. The third-order valence-corrected chi connectivity index (χ3v) is 6.30. The summed E-state index contributed by atoms with van der Waals surface area (Å²) in [7, 11) is -3.74. The van der Waals surface area contributed by atoms with Crippen LogP contribution in [0.2, 0.25) is 5.02 Å². The second-order valence-corrected chi connectivity index (χ2v) is 9.72. The number of carbonyl (C=O) groups excluding carboxylic acids is 1. The van der Waals surface area contributed by atoms with Crippen LogP contribution in [-0.2, 0) is 10.0 Å². The molecule has 3 aromatic carbocycles. The fraction of sp³-hybridized carbons (Fsp3) is 0.130. The molecule has 0 spiro atoms. The lowest BCUT2D eigenvalue weighted by molar-refractivity contribution is 0.0943. The topological polar surface area (TPSA) is 107 Å². The number of hydrogen-bond donors (Lipinski definition) is 2. The van der Waals surface area contributed by atoms with Gasteiger partial charge in [0, 0.05) is 22.6 Å². The third-order valence-electron chi connectivity index (χ3n) is 5.00. The molecular weight excluding hydrogens is 467 g/mol. The van der Waals surface area contributed by atoms with Gasteiger partial charge in [-0.1, -0.05) is 29.8 Å². The van der Waals surface area contributed by atoms with Gasteiger partial charge in [0.25, 0.3) is 5.91 Å². The minimum Gasteiger partial charge on any atom is -0.349 e. The molecule has 1 amide bonds. The Balaban J connectivity index is 1.82. The first-order chi connectivity index (χ1) is 15.6. The number of sulfonamides is 1. The van der Waals surface area contributed by atoms with Gasteiger partial charge in [-0.3, -0.25) is 4.79 Å². The Hall–Kier alpha value is -3.27. The van der Waals surface area contributed by atoms with Crippen molar-refractivity contribution in [1.29, 1.82) is 0 Å². The van der Waals surface area contributed by atoms with E-state index in [1.807, 2.05) is 18.2 Å². The molecule has 4 aromatic rings. The number of amides is 1. The Morgan fingerprint density at radius 1 is 1.15 bits per heavy atom. The van der Waals surface area contributed by atoms with Gasteiger partial charge >= 0.3 is 0 Å². The van der Waals surface area contributed by atoms with E-state index in [4.69, 9.17) is 21.8 Å². The van der Waals surface area contributed by atoms with E-state index in [-0.39, 0.29) is 11.6 Å². The fourth-order valence-electron chi connectivity index (χ4n) is 3.58. The van der Waals surface area contributed by atoms with Gasteiger partial charge in [0.15, 0.2) is 0 Å². The summed E-state index contributed by atoms with van der Waals surface area (Å²) in [6.07, 6.45) is 0. The maximum absolute atomic E-state index is 13.5. The number of fused-ring (bicyclic) bond motifs is 1. The molecule has 170 valence electrons. The summed E-state index contributed by atoms with van der Waals surface area (Å²) in [5.74, 6) is -1.23. The van der Waals surface area contributed by atoms with Crippen molar-refractivity contribution < 1.29 is 17.6 Å². The molecule has 1 unspecified atom stereocenters. The molecule has 0 aliphatic rings. The Morgan fingerprint density at radius 2 is 1.85 bits per heavy atom. The van der Waals surface area contributed by atoms with Crippen LogP contribution in [0.1, 0.15) is 17.3 Å². The largest absolute Gasteiger partial charge is 0.349 e. The van der Waals surface area contributed by atoms with Gasteiger partial charge in [0.05, 0.1) is 22.0 Å². The van der Waals surface area contributed by atoms with Gasteiger partial charge in [-0.25, -0.2) is 22.6 Å². The highest BCUT2D eigenvalue weighted by atomic mass is 35.5. The average molecular weight is 487 g/mol. The lowest BCUT2D eigenvalue weighted by atomic mass is 10.1. The fourth-order valence-corrected chi connectivity index (χ4v) is 4.59. The van der Waals surface area contributed by atoms with Crippen LogP contribution in [0.4, 0.5) is 4.39 Å². The van der Waals surface area contributed by atoms with Crippen molar-refractivity contribution >= 4 is 38.4 Å². The van der Waals surface area contributed by atoms with E-state index in [0.29, 0.717) is 33.0 Å². The third kappa shape index (κ3) is 5.05. The molecule has 0 aliphatic heterocycles. The Labute approximate surface area is 195 Å². The van der Waals surface area contributed by atoms with Gasteiger partial charge in [0.2, 0.25) is 10.0 Å². The molecule has 0 saturated carbocycles. The molecule has 10 heteroatoms. The van der Waals surface area contributed by atoms with Crippen LogP contribution < -0.4 is 10.5 Å². The second-order valence-electron chi connectivity index (χ2n) is 7.65. The maximum atomic E-state index is 13.5. The molecular formula is C23H20ClFN4O3S. The molecule has 1 heterocycles. The number of carbonyl (C=O) groups is 1. The number of nitrogens with zero attached hydrogens (tertiary/aromatic N) is 2. The lowest BCUT2D eigenvalue weighted by Gasteiger charge is -2.13. The zero-order valence-corrected chi connectivity index (χ0v) is 19.1. The normalized spacial score (nSPS) is 12.6. The number of nitrogens with two attached hydrogens (primary N) is 1. The van der Waals surface area contributed by atoms with Crippen molar-refractivity contribution in [3.8, 4) is 16.9 Å². The van der Waals surface area contributed by atoms with Crippen LogP contribution >= 0.6 is 11.6 Å². The summed E-state index contributed by atoms with van der Waals surface area (Å²) in [4.78, 5) is 12.8. The molecule has 0 bridgehead atoms. The summed E-state index contributed by atoms with van der Waals surface area (Å²) in [5, 5.41) is 13.7. The van der Waals surface area contributed by atoms with Crippen LogP contribution in [-0.4, -0.2) is 35.9 Å². The molecule has 3 N–H and O–H groups in total. The predicted molar refractivity (Wildman–Crippen MR) is 126 cm³/mol. The number of nitrogens with one attached hydrogen (secondary N) is 1. The van der Waals surface area contributed by atoms with Gasteiger partial charge in [-0.15, -0.1) is 0 Å². The van der Waals surface area contributed by atoms with E-state index in [1.165, 1.54) is 12.1 Å². The number of rotatable bonds is 6. The van der Waals surface area contributed by atoms with Crippen molar-refractivity contribution in [2.45, 2.75) is 13.0 Å². The molecule has 0 radical (unpaired) electrons. The monoisotopic (exact) mass is 486 g/mol. The van der Waals surface area contributed by atoms with Gasteiger partial charge in [-0.05, 0) is 55.5 Å². The number of hydrogen-bond acceptors (Lipinski definition) is 4. The first-order valence-corrected chi connectivity index (χ1v) is 12.1. The zero-order valence-electron chi connectivity index (χ0n) is 17.5. The van der Waals surface area contributed by atoms with E-state index in [0.717, 1.165) is 5.39 Å². The number of primary sulfonamides is 1. The Kier molecular flexibility index (Phi) is 6.20. The van der Waals surface area contributed by atoms with Crippen LogP contribution in [0.15, 0.2) is 66.7 Å². The lowest BCUT2D eigenvalue weighted by Crippen LogP contribution is -2.39. The predicted octanol–water partition coefficient (Wildman–Crippen LogP) is 3.89. The molecule has 0 aliphatic carbocycles. The highest BCUT2D eigenvalue weighted by Gasteiger charge is 2.19. The molecule has 1 atom stereocenters. The zero-order chi connectivity index (χ0) is 23.8. The molecule has 0 saturated heterocycles. The quantitative estimate of drug-likeness (QED) is 0.431. The van der Waals surface area contributed by atoms with Crippen LogP contribution in [0.25, 0.3) is 27.8 Å². The average Bonchev–Trinajstić information content (AvgIpc) is 3.12. The number of benzene rings is 3. The van der Waals surface area contributed by atoms with E-state index in [2.05, 4.69) is 5.32 Å². The second kappa shape index (κ2) is 8.93. The van der Waals surface area contributed by atoms with Crippen molar-refractivity contribution in [2.24, 2.45) is 5.14 Å². The summed E-state index contributed by atoms with van der Waals surface area (Å²) < 4.78 is 37.7. The minimum atomic E-state index is -3.74. The minimum absolute atomic E-state index is 0.303. The van der Waals surface area contributed by atoms with Gasteiger partial charge < -0.3 is 5.32 Å². The van der Waals surface area contributed by atoms with Crippen molar-refractivity contribution in [2.75, 3.05) is 5.75 Å². The molecule has 7 nitrogen and oxygen atoms in total. The van der Waals surface area contributed by atoms with Crippen molar-refractivity contribution in [3.05, 3.63) is 83.1 Å². The van der Waals surface area contributed by atoms with Crippen LogP contribution in [0, 0.1) is 5.82 Å². The first-order valence-electron chi connectivity index (χ1n) is 9.97. The van der Waals surface area contributed by atoms with E-state index < -0.39 is 22.0 Å². The van der Waals surface area contributed by atoms with Crippen LogP contribution in [0.3, 0.4) is 0 Å². The summed E-state index contributed by atoms with van der Waals surface area (Å²) in [5.41, 5.74) is 2.82. The SMILES string of the molecule is CC(CS(N)(=O)=O)NC(=O)c1ccc2c(-c3ccccc3Cl)nn(-c3ccc(F)cc3)c2c1.